The molecule has 1 saturated carbocycles. The van der Waals surface area contributed by atoms with E-state index in [4.69, 9.17) is 11.6 Å². The number of anilines is 1. The summed E-state index contributed by atoms with van der Waals surface area (Å²) in [6.45, 7) is 4.72. The Morgan fingerprint density at radius 3 is 2.85 bits per heavy atom. The Morgan fingerprint density at radius 1 is 1.35 bits per heavy atom. The fourth-order valence-electron chi connectivity index (χ4n) is 2.81. The van der Waals surface area contributed by atoms with E-state index in [1.807, 2.05) is 6.07 Å². The van der Waals surface area contributed by atoms with Crippen molar-refractivity contribution in [3.8, 4) is 0 Å². The smallest absolute Gasteiger partial charge is 0.0741 e. The third kappa shape index (κ3) is 3.27. The Bertz CT molecular complexity index is 476. The van der Waals surface area contributed by atoms with Crippen molar-refractivity contribution >= 4 is 17.3 Å². The van der Waals surface area contributed by atoms with E-state index in [0.717, 1.165) is 31.1 Å². The van der Waals surface area contributed by atoms with Gasteiger partial charge in [-0.1, -0.05) is 18.5 Å². The molecule has 2 unspecified atom stereocenters. The SMILES string of the molecule is CC1CCN(c2ccc(Cl)cc2CNC2CC2)CC1O. The van der Waals surface area contributed by atoms with Crippen LogP contribution in [0.5, 0.6) is 0 Å². The first-order chi connectivity index (χ1) is 9.63. The second kappa shape index (κ2) is 5.92. The molecule has 2 fully saturated rings. The Balaban J connectivity index is 1.76. The Morgan fingerprint density at radius 2 is 2.15 bits per heavy atom. The summed E-state index contributed by atoms with van der Waals surface area (Å²) >= 11 is 6.14. The van der Waals surface area contributed by atoms with Crippen molar-refractivity contribution in [3.05, 3.63) is 28.8 Å². The second-order valence-corrected chi connectivity index (χ2v) is 6.64. The van der Waals surface area contributed by atoms with Crippen LogP contribution in [0.4, 0.5) is 5.69 Å². The van der Waals surface area contributed by atoms with Crippen molar-refractivity contribution in [3.63, 3.8) is 0 Å². The summed E-state index contributed by atoms with van der Waals surface area (Å²) in [5.74, 6) is 0.395. The number of aliphatic hydroxyl groups is 1. The highest BCUT2D eigenvalue weighted by Crippen LogP contribution is 2.29. The fourth-order valence-corrected chi connectivity index (χ4v) is 3.01. The minimum Gasteiger partial charge on any atom is -0.391 e. The van der Waals surface area contributed by atoms with Gasteiger partial charge in [0.15, 0.2) is 0 Å². The number of aliphatic hydroxyl groups excluding tert-OH is 1. The number of nitrogens with one attached hydrogen (secondary N) is 1. The first kappa shape index (κ1) is 14.2. The van der Waals surface area contributed by atoms with Crippen molar-refractivity contribution in [2.24, 2.45) is 5.92 Å². The van der Waals surface area contributed by atoms with E-state index in [2.05, 4.69) is 29.3 Å². The van der Waals surface area contributed by atoms with Crippen LogP contribution >= 0.6 is 11.6 Å². The average molecular weight is 295 g/mol. The number of halogens is 1. The minimum absolute atomic E-state index is 0.233. The van der Waals surface area contributed by atoms with E-state index in [-0.39, 0.29) is 6.10 Å². The lowest BCUT2D eigenvalue weighted by Crippen LogP contribution is -2.43. The van der Waals surface area contributed by atoms with Gasteiger partial charge in [-0.3, -0.25) is 0 Å². The summed E-state index contributed by atoms with van der Waals surface area (Å²) in [4.78, 5) is 2.30. The number of rotatable bonds is 4. The summed E-state index contributed by atoms with van der Waals surface area (Å²) in [7, 11) is 0. The van der Waals surface area contributed by atoms with Crippen molar-refractivity contribution in [1.82, 2.24) is 5.32 Å². The van der Waals surface area contributed by atoms with Gasteiger partial charge in [0.1, 0.15) is 0 Å². The Hall–Kier alpha value is -0.770. The summed E-state index contributed by atoms with van der Waals surface area (Å²) in [6, 6.07) is 6.78. The molecule has 1 saturated heterocycles. The van der Waals surface area contributed by atoms with Crippen LogP contribution in [0.3, 0.4) is 0 Å². The number of nitrogens with zero attached hydrogens (tertiary/aromatic N) is 1. The van der Waals surface area contributed by atoms with Crippen LogP contribution in [-0.2, 0) is 6.54 Å². The van der Waals surface area contributed by atoms with Crippen LogP contribution in [0.2, 0.25) is 5.02 Å². The van der Waals surface area contributed by atoms with Gasteiger partial charge in [-0.25, -0.2) is 0 Å². The molecule has 1 aromatic rings. The normalized spacial score (nSPS) is 26.9. The topological polar surface area (TPSA) is 35.5 Å². The maximum Gasteiger partial charge on any atom is 0.0741 e. The molecule has 0 radical (unpaired) electrons. The lowest BCUT2D eigenvalue weighted by Gasteiger charge is -2.37. The van der Waals surface area contributed by atoms with Crippen molar-refractivity contribution in [1.29, 1.82) is 0 Å². The number of hydrogen-bond donors (Lipinski definition) is 2. The van der Waals surface area contributed by atoms with E-state index in [0.29, 0.717) is 12.0 Å². The van der Waals surface area contributed by atoms with Gasteiger partial charge in [-0.15, -0.1) is 0 Å². The highest BCUT2D eigenvalue weighted by atomic mass is 35.5. The van der Waals surface area contributed by atoms with Crippen LogP contribution in [0.25, 0.3) is 0 Å². The molecular formula is C16H23ClN2O. The van der Waals surface area contributed by atoms with Gasteiger partial charge in [0.2, 0.25) is 0 Å². The van der Waals surface area contributed by atoms with Crippen molar-refractivity contribution in [2.75, 3.05) is 18.0 Å². The molecule has 1 aliphatic carbocycles. The summed E-state index contributed by atoms with van der Waals surface area (Å²) in [5.41, 5.74) is 2.46. The molecule has 2 N–H and O–H groups in total. The molecule has 0 bridgehead atoms. The monoisotopic (exact) mass is 294 g/mol. The standard InChI is InChI=1S/C16H23ClN2O/c1-11-6-7-19(10-16(11)20)15-5-2-13(17)8-12(15)9-18-14-3-4-14/h2,5,8,11,14,16,18,20H,3-4,6-7,9-10H2,1H3. The molecule has 0 spiro atoms. The maximum atomic E-state index is 10.1. The van der Waals surface area contributed by atoms with Crippen molar-refractivity contribution in [2.45, 2.75) is 44.9 Å². The molecule has 0 amide bonds. The average Bonchev–Trinajstić information content (AvgIpc) is 3.24. The molecule has 20 heavy (non-hydrogen) atoms. The number of piperidine rings is 1. The molecule has 110 valence electrons. The van der Waals surface area contributed by atoms with Gasteiger partial charge in [0.05, 0.1) is 6.10 Å². The minimum atomic E-state index is -0.233. The maximum absolute atomic E-state index is 10.1. The molecular weight excluding hydrogens is 272 g/mol. The molecule has 2 aliphatic rings. The molecule has 3 rings (SSSR count). The number of hydrogen-bond acceptors (Lipinski definition) is 3. The van der Waals surface area contributed by atoms with E-state index < -0.39 is 0 Å². The van der Waals surface area contributed by atoms with Gasteiger partial charge < -0.3 is 15.3 Å². The Labute approximate surface area is 125 Å². The third-order valence-electron chi connectivity index (χ3n) is 4.46. The molecule has 4 heteroatoms. The fraction of sp³-hybridized carbons (Fsp3) is 0.625. The predicted molar refractivity (Wildman–Crippen MR) is 83.3 cm³/mol. The van der Waals surface area contributed by atoms with Crippen LogP contribution in [-0.4, -0.2) is 30.3 Å². The second-order valence-electron chi connectivity index (χ2n) is 6.21. The molecule has 1 aliphatic heterocycles. The van der Waals surface area contributed by atoms with Crippen LogP contribution in [0.1, 0.15) is 31.7 Å². The van der Waals surface area contributed by atoms with Crippen LogP contribution in [0, 0.1) is 5.92 Å². The Kier molecular flexibility index (Phi) is 4.20. The summed E-state index contributed by atoms with van der Waals surface area (Å²) < 4.78 is 0. The van der Waals surface area contributed by atoms with E-state index >= 15 is 0 Å². The number of β-amino-alcohol motifs (C(OH)–C–C–N with tert-alkyl or cyclic N) is 1. The quantitative estimate of drug-likeness (QED) is 0.896. The van der Waals surface area contributed by atoms with E-state index in [1.165, 1.54) is 24.1 Å². The van der Waals surface area contributed by atoms with Gasteiger partial charge >= 0.3 is 0 Å². The largest absolute Gasteiger partial charge is 0.391 e. The lowest BCUT2D eigenvalue weighted by atomic mass is 9.95. The molecule has 1 heterocycles. The lowest BCUT2D eigenvalue weighted by molar-refractivity contribution is 0.103. The summed E-state index contributed by atoms with van der Waals surface area (Å²) in [6.07, 6.45) is 3.38. The highest BCUT2D eigenvalue weighted by molar-refractivity contribution is 6.30. The molecule has 3 nitrogen and oxygen atoms in total. The highest BCUT2D eigenvalue weighted by Gasteiger charge is 2.26. The summed E-state index contributed by atoms with van der Waals surface area (Å²) in [5, 5.41) is 14.4. The van der Waals surface area contributed by atoms with Crippen LogP contribution in [0.15, 0.2) is 18.2 Å². The number of benzene rings is 1. The molecule has 1 aromatic carbocycles. The van der Waals surface area contributed by atoms with Gasteiger partial charge in [-0.2, -0.15) is 0 Å². The zero-order valence-corrected chi connectivity index (χ0v) is 12.7. The predicted octanol–water partition coefficient (Wildman–Crippen LogP) is 2.80. The molecule has 0 aromatic heterocycles. The van der Waals surface area contributed by atoms with Gasteiger partial charge in [0.25, 0.3) is 0 Å². The van der Waals surface area contributed by atoms with Crippen LogP contribution < -0.4 is 10.2 Å². The van der Waals surface area contributed by atoms with Crippen molar-refractivity contribution < 1.29 is 5.11 Å². The molecule has 2 atom stereocenters. The first-order valence-corrected chi connectivity index (χ1v) is 7.96. The van der Waals surface area contributed by atoms with Gasteiger partial charge in [-0.05, 0) is 48.9 Å². The van der Waals surface area contributed by atoms with Gasteiger partial charge in [0, 0.05) is 36.4 Å². The zero-order valence-electron chi connectivity index (χ0n) is 12.0. The third-order valence-corrected chi connectivity index (χ3v) is 4.69. The first-order valence-electron chi connectivity index (χ1n) is 7.58. The van der Waals surface area contributed by atoms with E-state index in [9.17, 15) is 5.11 Å². The zero-order chi connectivity index (χ0) is 14.1. The van der Waals surface area contributed by atoms with E-state index in [1.54, 1.807) is 0 Å².